The van der Waals surface area contributed by atoms with Gasteiger partial charge in [-0.1, -0.05) is 17.7 Å². The quantitative estimate of drug-likeness (QED) is 0.844. The van der Waals surface area contributed by atoms with Gasteiger partial charge in [0.05, 0.1) is 13.0 Å². The summed E-state index contributed by atoms with van der Waals surface area (Å²) in [6.45, 7) is 3.09. The molecule has 1 aliphatic rings. The van der Waals surface area contributed by atoms with Crippen LogP contribution < -0.4 is 5.32 Å². The molecule has 1 heterocycles. The molecule has 1 N–H and O–H groups in total. The highest BCUT2D eigenvalue weighted by Crippen LogP contribution is 2.19. The topological polar surface area (TPSA) is 58.6 Å². The van der Waals surface area contributed by atoms with Crippen LogP contribution in [0, 0.1) is 12.8 Å². The predicted molar refractivity (Wildman–Crippen MR) is 76.5 cm³/mol. The maximum Gasteiger partial charge on any atom is 0.321 e. The fourth-order valence-electron chi connectivity index (χ4n) is 2.36. The van der Waals surface area contributed by atoms with Crippen molar-refractivity contribution in [3.05, 3.63) is 29.8 Å². The molecule has 0 aromatic heterocycles. The van der Waals surface area contributed by atoms with Gasteiger partial charge < -0.3 is 15.0 Å². The number of hydrogen-bond acceptors (Lipinski definition) is 3. The summed E-state index contributed by atoms with van der Waals surface area (Å²) in [5, 5.41) is 2.85. The van der Waals surface area contributed by atoms with Crippen molar-refractivity contribution in [3.63, 3.8) is 0 Å². The molecule has 1 aromatic rings. The lowest BCUT2D eigenvalue weighted by Crippen LogP contribution is -2.44. The summed E-state index contributed by atoms with van der Waals surface area (Å²) in [6, 6.07) is 7.47. The molecule has 1 fully saturated rings. The van der Waals surface area contributed by atoms with Crippen molar-refractivity contribution in [2.24, 2.45) is 5.92 Å². The van der Waals surface area contributed by atoms with Gasteiger partial charge in [0.2, 0.25) is 0 Å². The van der Waals surface area contributed by atoms with Crippen LogP contribution in [-0.4, -0.2) is 37.1 Å². The smallest absolute Gasteiger partial charge is 0.321 e. The lowest BCUT2D eigenvalue weighted by molar-refractivity contribution is -0.146. The van der Waals surface area contributed by atoms with Crippen molar-refractivity contribution in [3.8, 4) is 0 Å². The maximum atomic E-state index is 12.2. The standard InChI is InChI=1S/C15H20N2O3/c1-11-5-7-13(8-6-11)16-15(19)17-9-3-4-12(10-17)14(18)20-2/h5-8,12H,3-4,9-10H2,1-2H3,(H,16,19). The van der Waals surface area contributed by atoms with Crippen molar-refractivity contribution < 1.29 is 14.3 Å². The predicted octanol–water partition coefficient (Wildman–Crippen LogP) is 2.41. The third-order valence-electron chi connectivity index (χ3n) is 3.55. The van der Waals surface area contributed by atoms with Gasteiger partial charge in [0.1, 0.15) is 0 Å². The molecule has 0 aliphatic carbocycles. The van der Waals surface area contributed by atoms with E-state index in [0.717, 1.165) is 24.1 Å². The minimum atomic E-state index is -0.238. The molecule has 0 bridgehead atoms. The normalized spacial score (nSPS) is 18.5. The number of nitrogens with one attached hydrogen (secondary N) is 1. The number of carbonyl (C=O) groups is 2. The molecule has 1 saturated heterocycles. The van der Waals surface area contributed by atoms with E-state index in [1.165, 1.54) is 7.11 Å². The van der Waals surface area contributed by atoms with Crippen LogP contribution in [-0.2, 0) is 9.53 Å². The summed E-state index contributed by atoms with van der Waals surface area (Å²) in [6.07, 6.45) is 1.60. The average molecular weight is 276 g/mol. The molecule has 1 aromatic carbocycles. The van der Waals surface area contributed by atoms with Gasteiger partial charge in [0, 0.05) is 18.8 Å². The second kappa shape index (κ2) is 6.41. The molecule has 1 atom stereocenters. The third kappa shape index (κ3) is 3.50. The monoisotopic (exact) mass is 276 g/mol. The van der Waals surface area contributed by atoms with Crippen molar-refractivity contribution in [2.45, 2.75) is 19.8 Å². The zero-order chi connectivity index (χ0) is 14.5. The summed E-state index contributed by atoms with van der Waals surface area (Å²) in [5.74, 6) is -0.449. The van der Waals surface area contributed by atoms with Crippen molar-refractivity contribution in [1.82, 2.24) is 4.90 Å². The Balaban J connectivity index is 1.95. The zero-order valence-corrected chi connectivity index (χ0v) is 11.9. The first-order valence-corrected chi connectivity index (χ1v) is 6.80. The lowest BCUT2D eigenvalue weighted by atomic mass is 9.98. The van der Waals surface area contributed by atoms with Crippen molar-refractivity contribution in [2.75, 3.05) is 25.5 Å². The average Bonchev–Trinajstić information content (AvgIpc) is 2.49. The molecule has 0 spiro atoms. The summed E-state index contributed by atoms with van der Waals surface area (Å²) < 4.78 is 4.75. The number of hydrogen-bond donors (Lipinski definition) is 1. The maximum absolute atomic E-state index is 12.2. The summed E-state index contributed by atoms with van der Waals surface area (Å²) in [5.41, 5.74) is 1.91. The number of anilines is 1. The summed E-state index contributed by atoms with van der Waals surface area (Å²) in [4.78, 5) is 25.4. The minimum Gasteiger partial charge on any atom is -0.469 e. The second-order valence-corrected chi connectivity index (χ2v) is 5.10. The van der Waals surface area contributed by atoms with Gasteiger partial charge >= 0.3 is 12.0 Å². The highest BCUT2D eigenvalue weighted by atomic mass is 16.5. The molecule has 2 amide bonds. The van der Waals surface area contributed by atoms with Crippen LogP contribution in [0.2, 0.25) is 0 Å². The Morgan fingerprint density at radius 1 is 1.30 bits per heavy atom. The number of urea groups is 1. The van der Waals surface area contributed by atoms with E-state index >= 15 is 0 Å². The van der Waals surface area contributed by atoms with E-state index < -0.39 is 0 Å². The molecular weight excluding hydrogens is 256 g/mol. The first-order chi connectivity index (χ1) is 9.60. The van der Waals surface area contributed by atoms with Crippen LogP contribution in [0.5, 0.6) is 0 Å². The van der Waals surface area contributed by atoms with Crippen molar-refractivity contribution in [1.29, 1.82) is 0 Å². The Labute approximate surface area is 118 Å². The van der Waals surface area contributed by atoms with E-state index in [-0.39, 0.29) is 17.9 Å². The zero-order valence-electron chi connectivity index (χ0n) is 11.9. The number of ether oxygens (including phenoxy) is 1. The molecule has 20 heavy (non-hydrogen) atoms. The van der Waals surface area contributed by atoms with Crippen LogP contribution >= 0.6 is 0 Å². The third-order valence-corrected chi connectivity index (χ3v) is 3.55. The fraction of sp³-hybridized carbons (Fsp3) is 0.467. The number of amides is 2. The van der Waals surface area contributed by atoms with E-state index in [9.17, 15) is 9.59 Å². The largest absolute Gasteiger partial charge is 0.469 e. The highest BCUT2D eigenvalue weighted by Gasteiger charge is 2.28. The Morgan fingerprint density at radius 3 is 2.65 bits per heavy atom. The number of carbonyl (C=O) groups excluding carboxylic acids is 2. The number of benzene rings is 1. The number of methoxy groups -OCH3 is 1. The van der Waals surface area contributed by atoms with E-state index in [0.29, 0.717) is 13.1 Å². The SMILES string of the molecule is COC(=O)C1CCCN(C(=O)Nc2ccc(C)cc2)C1. The summed E-state index contributed by atoms with van der Waals surface area (Å²) >= 11 is 0. The molecule has 1 unspecified atom stereocenters. The molecular formula is C15H20N2O3. The summed E-state index contributed by atoms with van der Waals surface area (Å²) in [7, 11) is 1.38. The van der Waals surface area contributed by atoms with Crippen LogP contribution in [0.15, 0.2) is 24.3 Å². The van der Waals surface area contributed by atoms with E-state index in [4.69, 9.17) is 4.74 Å². The Morgan fingerprint density at radius 2 is 2.00 bits per heavy atom. The van der Waals surface area contributed by atoms with E-state index in [2.05, 4.69) is 5.32 Å². The van der Waals surface area contributed by atoms with Crippen LogP contribution in [0.25, 0.3) is 0 Å². The van der Waals surface area contributed by atoms with Gasteiger partial charge in [0.15, 0.2) is 0 Å². The number of nitrogens with zero attached hydrogens (tertiary/aromatic N) is 1. The first-order valence-electron chi connectivity index (χ1n) is 6.80. The van der Waals surface area contributed by atoms with Gasteiger partial charge in [0.25, 0.3) is 0 Å². The highest BCUT2D eigenvalue weighted by molar-refractivity contribution is 5.89. The molecule has 0 radical (unpaired) electrons. The molecule has 1 aliphatic heterocycles. The number of esters is 1. The van der Waals surface area contributed by atoms with E-state index in [1.807, 2.05) is 31.2 Å². The van der Waals surface area contributed by atoms with Gasteiger partial charge in [-0.3, -0.25) is 4.79 Å². The second-order valence-electron chi connectivity index (χ2n) is 5.10. The van der Waals surface area contributed by atoms with Crippen molar-refractivity contribution >= 4 is 17.7 Å². The lowest BCUT2D eigenvalue weighted by Gasteiger charge is -2.31. The molecule has 5 nitrogen and oxygen atoms in total. The van der Waals surface area contributed by atoms with E-state index in [1.54, 1.807) is 4.90 Å². The Hall–Kier alpha value is -2.04. The molecule has 108 valence electrons. The fourth-order valence-corrected chi connectivity index (χ4v) is 2.36. The molecule has 5 heteroatoms. The van der Waals surface area contributed by atoms with Gasteiger partial charge in [-0.15, -0.1) is 0 Å². The van der Waals surface area contributed by atoms with Gasteiger partial charge in [-0.05, 0) is 31.9 Å². The van der Waals surface area contributed by atoms with Crippen LogP contribution in [0.4, 0.5) is 10.5 Å². The molecule has 0 saturated carbocycles. The molecule has 2 rings (SSSR count). The Bertz CT molecular complexity index is 484. The van der Waals surface area contributed by atoms with Gasteiger partial charge in [-0.25, -0.2) is 4.79 Å². The first kappa shape index (κ1) is 14.4. The Kier molecular flexibility index (Phi) is 4.61. The minimum absolute atomic E-state index is 0.164. The number of aryl methyl sites for hydroxylation is 1. The van der Waals surface area contributed by atoms with Crippen LogP contribution in [0.3, 0.4) is 0 Å². The van der Waals surface area contributed by atoms with Gasteiger partial charge in [-0.2, -0.15) is 0 Å². The van der Waals surface area contributed by atoms with Crippen LogP contribution in [0.1, 0.15) is 18.4 Å². The number of piperidine rings is 1. The number of rotatable bonds is 2. The number of likely N-dealkylation sites (tertiary alicyclic amines) is 1.